The first kappa shape index (κ1) is 24.9. The summed E-state index contributed by atoms with van der Waals surface area (Å²) < 4.78 is 115. The molecular formula is C24H18F8N2O. The number of ether oxygens (including phenoxy) is 1. The molecule has 0 amide bonds. The van der Waals surface area contributed by atoms with Crippen LogP contribution in [0.5, 0.6) is 5.88 Å². The molecule has 0 aliphatic carbocycles. The highest BCUT2D eigenvalue weighted by atomic mass is 19.4. The molecule has 0 saturated heterocycles. The quantitative estimate of drug-likeness (QED) is 0.360. The summed E-state index contributed by atoms with van der Waals surface area (Å²) in [5.41, 5.74) is -2.98. The molecule has 3 aromatic rings. The Morgan fingerprint density at radius 1 is 0.914 bits per heavy atom. The van der Waals surface area contributed by atoms with Crippen molar-refractivity contribution in [3.05, 3.63) is 82.5 Å². The number of aromatic nitrogens is 1. The predicted molar refractivity (Wildman–Crippen MR) is 110 cm³/mol. The lowest BCUT2D eigenvalue weighted by molar-refractivity contribution is -0.143. The van der Waals surface area contributed by atoms with Crippen LogP contribution < -0.4 is 4.74 Å². The summed E-state index contributed by atoms with van der Waals surface area (Å²) in [6, 6.07) is 5.22. The maximum Gasteiger partial charge on any atom is 0.416 e. The van der Waals surface area contributed by atoms with Crippen molar-refractivity contribution in [3.63, 3.8) is 0 Å². The average Bonchev–Trinajstić information content (AvgIpc) is 3.00. The van der Waals surface area contributed by atoms with Crippen LogP contribution in [0.25, 0.3) is 11.1 Å². The number of halogens is 8. The highest BCUT2D eigenvalue weighted by Crippen LogP contribution is 2.40. The fourth-order valence-electron chi connectivity index (χ4n) is 4.04. The molecule has 2 aromatic carbocycles. The summed E-state index contributed by atoms with van der Waals surface area (Å²) in [4.78, 5) is 5.67. The second-order valence-corrected chi connectivity index (χ2v) is 8.07. The van der Waals surface area contributed by atoms with E-state index in [1.54, 1.807) is 4.90 Å². The molecule has 186 valence electrons. The van der Waals surface area contributed by atoms with E-state index in [1.807, 2.05) is 0 Å². The van der Waals surface area contributed by atoms with Crippen molar-refractivity contribution in [1.29, 1.82) is 0 Å². The second-order valence-electron chi connectivity index (χ2n) is 8.07. The molecule has 1 aliphatic rings. The van der Waals surface area contributed by atoms with E-state index >= 15 is 0 Å². The van der Waals surface area contributed by atoms with Crippen molar-refractivity contribution >= 4 is 0 Å². The number of pyridine rings is 1. The number of hydrogen-bond acceptors (Lipinski definition) is 3. The van der Waals surface area contributed by atoms with Crippen molar-refractivity contribution in [1.82, 2.24) is 9.88 Å². The summed E-state index contributed by atoms with van der Waals surface area (Å²) in [6.45, 7) is 1.51. The first-order valence-corrected chi connectivity index (χ1v) is 10.4. The normalized spacial score (nSPS) is 15.8. The smallest absolute Gasteiger partial charge is 0.416 e. The number of rotatable bonds is 3. The van der Waals surface area contributed by atoms with Crippen LogP contribution >= 0.6 is 0 Å². The van der Waals surface area contributed by atoms with Crippen molar-refractivity contribution < 1.29 is 39.9 Å². The minimum Gasteiger partial charge on any atom is -0.476 e. The highest BCUT2D eigenvalue weighted by Gasteiger charge is 2.38. The van der Waals surface area contributed by atoms with Gasteiger partial charge >= 0.3 is 12.4 Å². The van der Waals surface area contributed by atoms with Gasteiger partial charge < -0.3 is 4.74 Å². The molecule has 1 atom stereocenters. The summed E-state index contributed by atoms with van der Waals surface area (Å²) >= 11 is 0. The lowest BCUT2D eigenvalue weighted by atomic mass is 9.97. The van der Waals surface area contributed by atoms with Crippen LogP contribution in [0.1, 0.15) is 35.2 Å². The van der Waals surface area contributed by atoms with Crippen LogP contribution in [0.2, 0.25) is 0 Å². The molecule has 0 fully saturated rings. The van der Waals surface area contributed by atoms with Crippen LogP contribution in [0.4, 0.5) is 35.1 Å². The molecule has 0 radical (unpaired) electrons. The molecular weight excluding hydrogens is 484 g/mol. The van der Waals surface area contributed by atoms with E-state index in [0.717, 1.165) is 12.1 Å². The molecule has 0 saturated carbocycles. The summed E-state index contributed by atoms with van der Waals surface area (Å²) in [6.07, 6.45) is -8.66. The Morgan fingerprint density at radius 3 is 2.09 bits per heavy atom. The third-order valence-electron chi connectivity index (χ3n) is 5.87. The average molecular weight is 502 g/mol. The molecule has 35 heavy (non-hydrogen) atoms. The van der Waals surface area contributed by atoms with Gasteiger partial charge in [-0.25, -0.2) is 13.8 Å². The zero-order valence-corrected chi connectivity index (χ0v) is 18.1. The van der Waals surface area contributed by atoms with Crippen molar-refractivity contribution in [2.24, 2.45) is 0 Å². The molecule has 4 rings (SSSR count). The molecule has 2 heterocycles. The van der Waals surface area contributed by atoms with E-state index in [9.17, 15) is 35.1 Å². The first-order chi connectivity index (χ1) is 16.4. The van der Waals surface area contributed by atoms with Crippen LogP contribution in [0.3, 0.4) is 0 Å². The monoisotopic (exact) mass is 502 g/mol. The van der Waals surface area contributed by atoms with E-state index in [-0.39, 0.29) is 53.9 Å². The Kier molecular flexibility index (Phi) is 6.48. The third-order valence-corrected chi connectivity index (χ3v) is 5.87. The van der Waals surface area contributed by atoms with Gasteiger partial charge in [-0.3, -0.25) is 4.90 Å². The summed E-state index contributed by atoms with van der Waals surface area (Å²) in [5.74, 6) is -1.59. The van der Waals surface area contributed by atoms with Crippen LogP contribution in [0, 0.1) is 11.6 Å². The van der Waals surface area contributed by atoms with Gasteiger partial charge in [0.2, 0.25) is 5.88 Å². The molecule has 0 N–H and O–H groups in total. The SMILES string of the molecule is CC(c1cc(C(F)(F)F)cc(C(F)(F)F)c1)N1CCOc2nccc(-c3c(F)cccc3F)c2C1. The molecule has 1 aromatic heterocycles. The number of nitrogens with zero attached hydrogens (tertiary/aromatic N) is 2. The van der Waals surface area contributed by atoms with Crippen LogP contribution in [-0.2, 0) is 18.9 Å². The first-order valence-electron chi connectivity index (χ1n) is 10.4. The topological polar surface area (TPSA) is 25.4 Å². The standard InChI is InChI=1S/C24H18F8N2O/c1-13(14-9-15(23(27,28)29)11-16(10-14)24(30,31)32)34-7-8-35-22-18(12-34)17(5-6-33-22)21-19(25)3-2-4-20(21)26/h2-6,9-11,13H,7-8,12H2,1H3. The van der Waals surface area contributed by atoms with Gasteiger partial charge in [-0.2, -0.15) is 26.3 Å². The van der Waals surface area contributed by atoms with Crippen LogP contribution in [0.15, 0.2) is 48.7 Å². The molecule has 0 bridgehead atoms. The van der Waals surface area contributed by atoms with E-state index < -0.39 is 41.2 Å². The van der Waals surface area contributed by atoms with E-state index in [1.165, 1.54) is 25.3 Å². The van der Waals surface area contributed by atoms with Crippen molar-refractivity contribution in [3.8, 4) is 17.0 Å². The van der Waals surface area contributed by atoms with Gasteiger partial charge in [0.25, 0.3) is 0 Å². The Bertz CT molecular complexity index is 1190. The summed E-state index contributed by atoms with van der Waals surface area (Å²) in [7, 11) is 0. The van der Waals surface area contributed by atoms with Gasteiger partial charge in [0.1, 0.15) is 18.2 Å². The van der Waals surface area contributed by atoms with Gasteiger partial charge in [0, 0.05) is 30.9 Å². The summed E-state index contributed by atoms with van der Waals surface area (Å²) in [5, 5.41) is 0. The maximum absolute atomic E-state index is 14.5. The Balaban J connectivity index is 1.77. The van der Waals surface area contributed by atoms with E-state index in [2.05, 4.69) is 4.98 Å². The number of hydrogen-bond donors (Lipinski definition) is 0. The second kappa shape index (κ2) is 9.10. The Hall–Kier alpha value is -3.21. The van der Waals surface area contributed by atoms with Gasteiger partial charge in [0.05, 0.1) is 16.7 Å². The lowest BCUT2D eigenvalue weighted by Crippen LogP contribution is -2.29. The molecule has 0 spiro atoms. The zero-order chi connectivity index (χ0) is 25.5. The third kappa shape index (κ3) is 5.09. The number of alkyl halides is 6. The minimum atomic E-state index is -4.98. The number of fused-ring (bicyclic) bond motifs is 1. The molecule has 1 unspecified atom stereocenters. The van der Waals surface area contributed by atoms with Gasteiger partial charge in [-0.05, 0) is 54.4 Å². The molecule has 3 nitrogen and oxygen atoms in total. The lowest BCUT2D eigenvalue weighted by Gasteiger charge is -2.29. The van der Waals surface area contributed by atoms with Gasteiger partial charge in [0.15, 0.2) is 0 Å². The van der Waals surface area contributed by atoms with Gasteiger partial charge in [-0.15, -0.1) is 0 Å². The van der Waals surface area contributed by atoms with Gasteiger partial charge in [-0.1, -0.05) is 6.07 Å². The zero-order valence-electron chi connectivity index (χ0n) is 18.1. The number of benzene rings is 2. The van der Waals surface area contributed by atoms with Crippen molar-refractivity contribution in [2.75, 3.05) is 13.2 Å². The van der Waals surface area contributed by atoms with Crippen molar-refractivity contribution in [2.45, 2.75) is 31.9 Å². The Labute approximate surface area is 195 Å². The highest BCUT2D eigenvalue weighted by molar-refractivity contribution is 5.70. The molecule has 11 heteroatoms. The van der Waals surface area contributed by atoms with E-state index in [4.69, 9.17) is 4.74 Å². The largest absolute Gasteiger partial charge is 0.476 e. The maximum atomic E-state index is 14.5. The fraction of sp³-hybridized carbons (Fsp3) is 0.292. The van der Waals surface area contributed by atoms with E-state index in [0.29, 0.717) is 12.1 Å². The minimum absolute atomic E-state index is 0.0125. The fourth-order valence-corrected chi connectivity index (χ4v) is 4.04. The Morgan fingerprint density at radius 2 is 1.51 bits per heavy atom. The van der Waals surface area contributed by atoms with Crippen LogP contribution in [-0.4, -0.2) is 23.0 Å². The molecule has 1 aliphatic heterocycles. The predicted octanol–water partition coefficient (Wildman–Crippen LogP) is 7.02.